The van der Waals surface area contributed by atoms with Gasteiger partial charge in [-0.25, -0.2) is 0 Å². The van der Waals surface area contributed by atoms with Crippen molar-refractivity contribution < 1.29 is 4.79 Å². The molecule has 0 unspecified atom stereocenters. The van der Waals surface area contributed by atoms with Gasteiger partial charge in [-0.1, -0.05) is 48.0 Å². The van der Waals surface area contributed by atoms with E-state index in [-0.39, 0.29) is 5.91 Å². The normalized spacial score (nSPS) is 10.7. The third kappa shape index (κ3) is 4.42. The van der Waals surface area contributed by atoms with Gasteiger partial charge in [0, 0.05) is 46.6 Å². The molecular weight excluding hydrogens is 396 g/mol. The molecule has 2 heterocycles. The lowest BCUT2D eigenvalue weighted by Crippen LogP contribution is -2.26. The molecule has 5 nitrogen and oxygen atoms in total. The number of nitrogens with zero attached hydrogens (tertiary/aromatic N) is 2. The molecule has 0 fully saturated rings. The van der Waals surface area contributed by atoms with E-state index in [4.69, 9.17) is 11.6 Å². The molecule has 4 aromatic rings. The minimum absolute atomic E-state index is 0.129. The van der Waals surface area contributed by atoms with Gasteiger partial charge in [-0.05, 0) is 42.8 Å². The van der Waals surface area contributed by atoms with Gasteiger partial charge in [-0.3, -0.25) is 14.9 Å². The van der Waals surface area contributed by atoms with Crippen molar-refractivity contribution in [1.29, 1.82) is 0 Å². The Hall–Kier alpha value is -3.44. The topological polar surface area (TPSA) is 70.7 Å². The Labute approximate surface area is 180 Å². The largest absolute Gasteiger partial charge is 0.352 e. The second-order valence-electron chi connectivity index (χ2n) is 7.00. The van der Waals surface area contributed by atoms with Gasteiger partial charge < -0.3 is 5.32 Å². The van der Waals surface area contributed by atoms with E-state index in [1.807, 2.05) is 73.7 Å². The van der Waals surface area contributed by atoms with Crippen LogP contribution >= 0.6 is 11.6 Å². The lowest BCUT2D eigenvalue weighted by molar-refractivity contribution is 0.0954. The highest BCUT2D eigenvalue weighted by atomic mass is 35.5. The van der Waals surface area contributed by atoms with Crippen LogP contribution in [0.1, 0.15) is 21.6 Å². The monoisotopic (exact) mass is 416 g/mol. The standard InChI is InChI=1S/C24H21ClN4O/c1-16-9-10-17(14-21(16)25)22-15-23(29-28-22)19-7-2-3-8-20(19)24(30)27-13-11-18-6-4-5-12-26-18/h2-10,12,14-15H,11,13H2,1H3,(H,27,30)(H,28,29). The van der Waals surface area contributed by atoms with Crippen LogP contribution in [-0.4, -0.2) is 27.6 Å². The number of aryl methyl sites for hydroxylation is 1. The quantitative estimate of drug-likeness (QED) is 0.460. The Morgan fingerprint density at radius 1 is 1.07 bits per heavy atom. The number of H-pyrrole nitrogens is 1. The average Bonchev–Trinajstić information content (AvgIpc) is 3.26. The molecule has 0 atom stereocenters. The molecule has 150 valence electrons. The maximum atomic E-state index is 12.8. The molecule has 4 rings (SSSR count). The maximum Gasteiger partial charge on any atom is 0.251 e. The first-order valence-electron chi connectivity index (χ1n) is 9.71. The summed E-state index contributed by atoms with van der Waals surface area (Å²) in [5, 5.41) is 11.1. The van der Waals surface area contributed by atoms with Crippen molar-refractivity contribution in [3.63, 3.8) is 0 Å². The summed E-state index contributed by atoms with van der Waals surface area (Å²) in [6.45, 7) is 2.48. The molecule has 0 spiro atoms. The van der Waals surface area contributed by atoms with Crippen molar-refractivity contribution in [2.45, 2.75) is 13.3 Å². The zero-order chi connectivity index (χ0) is 20.9. The highest BCUT2D eigenvalue weighted by Crippen LogP contribution is 2.28. The second-order valence-corrected chi connectivity index (χ2v) is 7.41. The minimum Gasteiger partial charge on any atom is -0.352 e. The van der Waals surface area contributed by atoms with E-state index < -0.39 is 0 Å². The van der Waals surface area contributed by atoms with E-state index >= 15 is 0 Å². The zero-order valence-electron chi connectivity index (χ0n) is 16.5. The van der Waals surface area contributed by atoms with E-state index in [0.717, 1.165) is 33.8 Å². The lowest BCUT2D eigenvalue weighted by atomic mass is 10.0. The van der Waals surface area contributed by atoms with E-state index in [1.54, 1.807) is 6.20 Å². The van der Waals surface area contributed by atoms with Crippen molar-refractivity contribution >= 4 is 17.5 Å². The molecule has 2 aromatic carbocycles. The lowest BCUT2D eigenvalue weighted by Gasteiger charge is -2.09. The second kappa shape index (κ2) is 8.93. The van der Waals surface area contributed by atoms with Crippen LogP contribution in [0.5, 0.6) is 0 Å². The molecule has 0 aliphatic carbocycles. The Morgan fingerprint density at radius 3 is 2.70 bits per heavy atom. The number of carbonyl (C=O) groups excluding carboxylic acids is 1. The Morgan fingerprint density at radius 2 is 1.90 bits per heavy atom. The number of halogens is 1. The number of amides is 1. The predicted molar refractivity (Wildman–Crippen MR) is 119 cm³/mol. The maximum absolute atomic E-state index is 12.8. The summed E-state index contributed by atoms with van der Waals surface area (Å²) in [5.41, 5.74) is 5.82. The van der Waals surface area contributed by atoms with Gasteiger partial charge in [0.2, 0.25) is 0 Å². The fourth-order valence-electron chi connectivity index (χ4n) is 3.22. The Bertz CT molecular complexity index is 1170. The van der Waals surface area contributed by atoms with Crippen molar-refractivity contribution in [3.05, 3.63) is 94.8 Å². The predicted octanol–water partition coefficient (Wildman–Crippen LogP) is 5.07. The Balaban J connectivity index is 1.52. The SMILES string of the molecule is Cc1ccc(-c2cc(-c3ccccc3C(=O)NCCc3ccccn3)[nH]n2)cc1Cl. The van der Waals surface area contributed by atoms with Crippen LogP contribution in [0.25, 0.3) is 22.5 Å². The van der Waals surface area contributed by atoms with Crippen molar-refractivity contribution in [2.75, 3.05) is 6.54 Å². The van der Waals surface area contributed by atoms with E-state index in [2.05, 4.69) is 20.5 Å². The number of aromatic nitrogens is 3. The molecule has 0 bridgehead atoms. The molecule has 6 heteroatoms. The van der Waals surface area contributed by atoms with Crippen LogP contribution in [0.4, 0.5) is 0 Å². The van der Waals surface area contributed by atoms with E-state index in [0.29, 0.717) is 23.6 Å². The van der Waals surface area contributed by atoms with Gasteiger partial charge in [-0.15, -0.1) is 0 Å². The summed E-state index contributed by atoms with van der Waals surface area (Å²) in [6.07, 6.45) is 2.43. The summed E-state index contributed by atoms with van der Waals surface area (Å²) < 4.78 is 0. The molecule has 30 heavy (non-hydrogen) atoms. The van der Waals surface area contributed by atoms with Gasteiger partial charge in [-0.2, -0.15) is 5.10 Å². The number of rotatable bonds is 6. The molecule has 0 aliphatic heterocycles. The minimum atomic E-state index is -0.129. The molecular formula is C24H21ClN4O. The molecule has 2 aromatic heterocycles. The summed E-state index contributed by atoms with van der Waals surface area (Å²) in [5.74, 6) is -0.129. The summed E-state index contributed by atoms with van der Waals surface area (Å²) in [4.78, 5) is 17.1. The summed E-state index contributed by atoms with van der Waals surface area (Å²) in [6, 6.07) is 21.0. The Kier molecular flexibility index (Phi) is 5.91. The molecule has 0 saturated carbocycles. The average molecular weight is 417 g/mol. The third-order valence-corrected chi connectivity index (χ3v) is 5.31. The van der Waals surface area contributed by atoms with Crippen LogP contribution < -0.4 is 5.32 Å². The summed E-state index contributed by atoms with van der Waals surface area (Å²) in [7, 11) is 0. The number of hydrogen-bond acceptors (Lipinski definition) is 3. The molecule has 1 amide bonds. The summed E-state index contributed by atoms with van der Waals surface area (Å²) >= 11 is 6.25. The fourth-order valence-corrected chi connectivity index (χ4v) is 3.40. The van der Waals surface area contributed by atoms with E-state index in [1.165, 1.54) is 0 Å². The third-order valence-electron chi connectivity index (χ3n) is 4.90. The van der Waals surface area contributed by atoms with Crippen molar-refractivity contribution in [2.24, 2.45) is 0 Å². The molecule has 0 radical (unpaired) electrons. The fraction of sp³-hybridized carbons (Fsp3) is 0.125. The smallest absolute Gasteiger partial charge is 0.251 e. The first-order chi connectivity index (χ1) is 14.6. The number of pyridine rings is 1. The zero-order valence-corrected chi connectivity index (χ0v) is 17.3. The van der Waals surface area contributed by atoms with Crippen LogP contribution in [0, 0.1) is 6.92 Å². The van der Waals surface area contributed by atoms with Crippen molar-refractivity contribution in [3.8, 4) is 22.5 Å². The van der Waals surface area contributed by atoms with Gasteiger partial charge in [0.1, 0.15) is 0 Å². The molecule has 0 saturated heterocycles. The van der Waals surface area contributed by atoms with Crippen LogP contribution in [-0.2, 0) is 6.42 Å². The molecule has 2 N–H and O–H groups in total. The van der Waals surface area contributed by atoms with Crippen LogP contribution in [0.3, 0.4) is 0 Å². The highest BCUT2D eigenvalue weighted by Gasteiger charge is 2.15. The number of hydrogen-bond donors (Lipinski definition) is 2. The van der Waals surface area contributed by atoms with Gasteiger partial charge >= 0.3 is 0 Å². The number of nitrogens with one attached hydrogen (secondary N) is 2. The van der Waals surface area contributed by atoms with Crippen LogP contribution in [0.15, 0.2) is 72.9 Å². The molecule has 0 aliphatic rings. The van der Waals surface area contributed by atoms with Gasteiger partial charge in [0.05, 0.1) is 11.4 Å². The van der Waals surface area contributed by atoms with Gasteiger partial charge in [0.25, 0.3) is 5.91 Å². The first-order valence-corrected chi connectivity index (χ1v) is 10.1. The van der Waals surface area contributed by atoms with Crippen molar-refractivity contribution in [1.82, 2.24) is 20.5 Å². The van der Waals surface area contributed by atoms with Gasteiger partial charge in [0.15, 0.2) is 0 Å². The number of aromatic amines is 1. The number of carbonyl (C=O) groups is 1. The first kappa shape index (κ1) is 19.9. The van der Waals surface area contributed by atoms with E-state index in [9.17, 15) is 4.79 Å². The van der Waals surface area contributed by atoms with Crippen LogP contribution in [0.2, 0.25) is 5.02 Å². The number of benzene rings is 2. The highest BCUT2D eigenvalue weighted by molar-refractivity contribution is 6.31.